The first kappa shape index (κ1) is 14.5. The van der Waals surface area contributed by atoms with Crippen molar-refractivity contribution in [1.29, 1.82) is 0 Å². The molecule has 2 fully saturated rings. The molecule has 1 atom stereocenters. The van der Waals surface area contributed by atoms with Crippen molar-refractivity contribution in [2.24, 2.45) is 0 Å². The molecule has 1 unspecified atom stereocenters. The van der Waals surface area contributed by atoms with E-state index in [0.717, 1.165) is 0 Å². The Morgan fingerprint density at radius 3 is 2.58 bits per heavy atom. The Kier molecular flexibility index (Phi) is 4.59. The Hall–Kier alpha value is -0.920. The van der Waals surface area contributed by atoms with E-state index < -0.39 is 15.3 Å². The zero-order valence-electron chi connectivity index (χ0n) is 11.0. The van der Waals surface area contributed by atoms with Gasteiger partial charge >= 0.3 is 0 Å². The zero-order valence-corrected chi connectivity index (χ0v) is 11.8. The molecule has 0 aromatic heterocycles. The Labute approximate surface area is 114 Å². The molecule has 2 heterocycles. The van der Waals surface area contributed by atoms with Crippen LogP contribution in [-0.4, -0.2) is 68.2 Å². The molecule has 19 heavy (non-hydrogen) atoms. The van der Waals surface area contributed by atoms with Crippen LogP contribution in [0.1, 0.15) is 12.8 Å². The summed E-state index contributed by atoms with van der Waals surface area (Å²) >= 11 is 0. The second-order valence-corrected chi connectivity index (χ2v) is 7.02. The largest absolute Gasteiger partial charge is 0.379 e. The zero-order chi connectivity index (χ0) is 13.9. The van der Waals surface area contributed by atoms with Gasteiger partial charge in [-0.1, -0.05) is 6.58 Å². The monoisotopic (exact) mass is 288 g/mol. The number of rotatable bonds is 3. The molecule has 6 nitrogen and oxygen atoms in total. The SMILES string of the molecule is C=CC(=O)N1CCCC(S(=O)(=O)N2CCOCC2)C1. The quantitative estimate of drug-likeness (QED) is 0.676. The minimum absolute atomic E-state index is 0.193. The van der Waals surface area contributed by atoms with E-state index in [9.17, 15) is 13.2 Å². The van der Waals surface area contributed by atoms with Gasteiger partial charge in [0.05, 0.1) is 18.5 Å². The summed E-state index contributed by atoms with van der Waals surface area (Å²) in [6, 6.07) is 0. The summed E-state index contributed by atoms with van der Waals surface area (Å²) < 4.78 is 31.7. The predicted molar refractivity (Wildman–Crippen MR) is 71.1 cm³/mol. The van der Waals surface area contributed by atoms with Crippen LogP contribution in [-0.2, 0) is 19.6 Å². The van der Waals surface area contributed by atoms with Gasteiger partial charge in [-0.25, -0.2) is 8.42 Å². The third-order valence-electron chi connectivity index (χ3n) is 3.62. The molecule has 0 saturated carbocycles. The summed E-state index contributed by atoms with van der Waals surface area (Å²) in [5, 5.41) is -0.497. The molecule has 2 saturated heterocycles. The molecule has 7 heteroatoms. The van der Waals surface area contributed by atoms with Crippen LogP contribution in [0.15, 0.2) is 12.7 Å². The predicted octanol–water partition coefficient (Wildman–Crippen LogP) is -0.175. The summed E-state index contributed by atoms with van der Waals surface area (Å²) in [6.07, 6.45) is 2.57. The fourth-order valence-corrected chi connectivity index (χ4v) is 4.44. The maximum atomic E-state index is 12.5. The third-order valence-corrected chi connectivity index (χ3v) is 5.93. The molecular formula is C12H20N2O4S. The van der Waals surface area contributed by atoms with E-state index in [4.69, 9.17) is 4.74 Å². The Balaban J connectivity index is 2.07. The molecule has 0 N–H and O–H groups in total. The average Bonchev–Trinajstić information content (AvgIpc) is 2.47. The Bertz CT molecular complexity index is 443. The van der Waals surface area contributed by atoms with Crippen LogP contribution in [0.3, 0.4) is 0 Å². The van der Waals surface area contributed by atoms with Gasteiger partial charge in [-0.05, 0) is 18.9 Å². The van der Waals surface area contributed by atoms with E-state index in [-0.39, 0.29) is 12.5 Å². The van der Waals surface area contributed by atoms with Gasteiger partial charge < -0.3 is 9.64 Å². The normalized spacial score (nSPS) is 26.1. The lowest BCUT2D eigenvalue weighted by Gasteiger charge is -2.36. The molecule has 108 valence electrons. The second-order valence-electron chi connectivity index (χ2n) is 4.81. The molecule has 0 radical (unpaired) electrons. The number of morpholine rings is 1. The fourth-order valence-electron chi connectivity index (χ4n) is 2.52. The first-order chi connectivity index (χ1) is 9.05. The lowest BCUT2D eigenvalue weighted by molar-refractivity contribution is -0.126. The minimum Gasteiger partial charge on any atom is -0.379 e. The third kappa shape index (κ3) is 3.16. The number of sulfonamides is 1. The molecule has 0 spiro atoms. The summed E-state index contributed by atoms with van der Waals surface area (Å²) in [5.74, 6) is -0.193. The van der Waals surface area contributed by atoms with Crippen molar-refractivity contribution in [3.8, 4) is 0 Å². The number of likely N-dealkylation sites (tertiary alicyclic amines) is 1. The fraction of sp³-hybridized carbons (Fsp3) is 0.750. The number of carbonyl (C=O) groups excluding carboxylic acids is 1. The molecule has 2 aliphatic heterocycles. The van der Waals surface area contributed by atoms with Gasteiger partial charge in [-0.15, -0.1) is 0 Å². The van der Waals surface area contributed by atoms with Crippen molar-refractivity contribution in [1.82, 2.24) is 9.21 Å². The van der Waals surface area contributed by atoms with E-state index in [1.165, 1.54) is 10.4 Å². The number of carbonyl (C=O) groups is 1. The van der Waals surface area contributed by atoms with E-state index in [1.54, 1.807) is 4.90 Å². The van der Waals surface area contributed by atoms with Crippen LogP contribution in [0.4, 0.5) is 0 Å². The van der Waals surface area contributed by atoms with Crippen LogP contribution in [0.25, 0.3) is 0 Å². The second kappa shape index (κ2) is 6.02. The molecule has 2 rings (SSSR count). The molecule has 0 aromatic carbocycles. The molecule has 0 aliphatic carbocycles. The van der Waals surface area contributed by atoms with Gasteiger partial charge in [0, 0.05) is 26.2 Å². The van der Waals surface area contributed by atoms with Gasteiger partial charge in [0.15, 0.2) is 0 Å². The van der Waals surface area contributed by atoms with Crippen molar-refractivity contribution < 1.29 is 17.9 Å². The number of piperidine rings is 1. The number of hydrogen-bond donors (Lipinski definition) is 0. The molecular weight excluding hydrogens is 268 g/mol. The molecule has 0 bridgehead atoms. The van der Waals surface area contributed by atoms with E-state index in [0.29, 0.717) is 45.7 Å². The van der Waals surface area contributed by atoms with Crippen molar-refractivity contribution in [2.45, 2.75) is 18.1 Å². The summed E-state index contributed by atoms with van der Waals surface area (Å²) in [6.45, 7) is 6.04. The lowest BCUT2D eigenvalue weighted by Crippen LogP contribution is -2.51. The standard InChI is InChI=1S/C12H20N2O4S/c1-2-12(15)13-5-3-4-11(10-13)19(16,17)14-6-8-18-9-7-14/h2,11H,1,3-10H2. The highest BCUT2D eigenvalue weighted by molar-refractivity contribution is 7.89. The van der Waals surface area contributed by atoms with E-state index in [1.807, 2.05) is 0 Å². The first-order valence-electron chi connectivity index (χ1n) is 6.54. The van der Waals surface area contributed by atoms with Gasteiger partial charge in [0.25, 0.3) is 0 Å². The maximum absolute atomic E-state index is 12.5. The highest BCUT2D eigenvalue weighted by Gasteiger charge is 2.36. The highest BCUT2D eigenvalue weighted by Crippen LogP contribution is 2.21. The summed E-state index contributed by atoms with van der Waals surface area (Å²) in [7, 11) is -3.33. The number of amides is 1. The van der Waals surface area contributed by atoms with E-state index >= 15 is 0 Å². The van der Waals surface area contributed by atoms with Crippen molar-refractivity contribution in [2.75, 3.05) is 39.4 Å². The highest BCUT2D eigenvalue weighted by atomic mass is 32.2. The smallest absolute Gasteiger partial charge is 0.245 e. The summed E-state index contributed by atoms with van der Waals surface area (Å²) in [5.41, 5.74) is 0. The Morgan fingerprint density at radius 1 is 1.26 bits per heavy atom. The van der Waals surface area contributed by atoms with Crippen LogP contribution in [0.2, 0.25) is 0 Å². The van der Waals surface area contributed by atoms with Gasteiger partial charge in [0.1, 0.15) is 0 Å². The topological polar surface area (TPSA) is 66.9 Å². The average molecular weight is 288 g/mol. The number of nitrogens with zero attached hydrogens (tertiary/aromatic N) is 2. The minimum atomic E-state index is -3.33. The Morgan fingerprint density at radius 2 is 1.95 bits per heavy atom. The van der Waals surface area contributed by atoms with Crippen molar-refractivity contribution in [3.05, 3.63) is 12.7 Å². The van der Waals surface area contributed by atoms with Crippen LogP contribution >= 0.6 is 0 Å². The van der Waals surface area contributed by atoms with Crippen molar-refractivity contribution in [3.63, 3.8) is 0 Å². The van der Waals surface area contributed by atoms with Crippen LogP contribution in [0, 0.1) is 0 Å². The van der Waals surface area contributed by atoms with Gasteiger partial charge in [-0.2, -0.15) is 4.31 Å². The summed E-state index contributed by atoms with van der Waals surface area (Å²) in [4.78, 5) is 13.2. The van der Waals surface area contributed by atoms with Crippen molar-refractivity contribution >= 4 is 15.9 Å². The molecule has 2 aliphatic rings. The van der Waals surface area contributed by atoms with Gasteiger partial charge in [0.2, 0.25) is 15.9 Å². The molecule has 0 aromatic rings. The first-order valence-corrected chi connectivity index (χ1v) is 8.04. The number of hydrogen-bond acceptors (Lipinski definition) is 4. The maximum Gasteiger partial charge on any atom is 0.245 e. The lowest BCUT2D eigenvalue weighted by atomic mass is 10.1. The van der Waals surface area contributed by atoms with Gasteiger partial charge in [-0.3, -0.25) is 4.79 Å². The number of ether oxygens (including phenoxy) is 1. The van der Waals surface area contributed by atoms with Crippen LogP contribution in [0.5, 0.6) is 0 Å². The molecule has 1 amide bonds. The van der Waals surface area contributed by atoms with Crippen LogP contribution < -0.4 is 0 Å². The van der Waals surface area contributed by atoms with E-state index in [2.05, 4.69) is 6.58 Å².